The van der Waals surface area contributed by atoms with Gasteiger partial charge in [-0.25, -0.2) is 0 Å². The number of hydrogen-bond donors (Lipinski definition) is 2. The topological polar surface area (TPSA) is 84.9 Å². The van der Waals surface area contributed by atoms with Gasteiger partial charge in [-0.15, -0.1) is 0 Å². The minimum atomic E-state index is -0.937. The van der Waals surface area contributed by atoms with Gasteiger partial charge in [-0.2, -0.15) is 0 Å². The van der Waals surface area contributed by atoms with Crippen molar-refractivity contribution >= 4 is 29.2 Å². The summed E-state index contributed by atoms with van der Waals surface area (Å²) in [5, 5.41) is 11.9. The Balaban J connectivity index is 2.21. The first-order valence-electron chi connectivity index (χ1n) is 8.07. The third-order valence-electron chi connectivity index (χ3n) is 3.48. The van der Waals surface area contributed by atoms with Crippen LogP contribution in [0.1, 0.15) is 29.3 Å². The standard InChI is InChI=1S/C19H20ClNO5/c1-3-7-26-18-15(20)10-13(11-16(18)25-2)19(24)21-14-6-4-5-12(8-14)9-17(22)23/h4-6,8,10-11H,3,7,9H2,1-2H3,(H,21,24)(H,22,23). The maximum Gasteiger partial charge on any atom is 0.307 e. The lowest BCUT2D eigenvalue weighted by atomic mass is 10.1. The van der Waals surface area contributed by atoms with Gasteiger partial charge in [0.15, 0.2) is 11.5 Å². The predicted molar refractivity (Wildman–Crippen MR) is 99.5 cm³/mol. The minimum Gasteiger partial charge on any atom is -0.493 e. The zero-order valence-corrected chi connectivity index (χ0v) is 15.3. The average molecular weight is 378 g/mol. The Labute approximate surface area is 156 Å². The van der Waals surface area contributed by atoms with E-state index in [1.54, 1.807) is 30.3 Å². The van der Waals surface area contributed by atoms with E-state index >= 15 is 0 Å². The van der Waals surface area contributed by atoms with Crippen molar-refractivity contribution in [3.05, 3.63) is 52.5 Å². The summed E-state index contributed by atoms with van der Waals surface area (Å²) >= 11 is 6.23. The third kappa shape index (κ3) is 5.13. The van der Waals surface area contributed by atoms with Gasteiger partial charge in [0, 0.05) is 11.3 Å². The largest absolute Gasteiger partial charge is 0.493 e. The van der Waals surface area contributed by atoms with Gasteiger partial charge in [-0.05, 0) is 36.2 Å². The lowest BCUT2D eigenvalue weighted by molar-refractivity contribution is -0.136. The Morgan fingerprint density at radius 2 is 2.00 bits per heavy atom. The maximum absolute atomic E-state index is 12.5. The number of carbonyl (C=O) groups excluding carboxylic acids is 1. The van der Waals surface area contributed by atoms with Crippen molar-refractivity contribution in [1.29, 1.82) is 0 Å². The van der Waals surface area contributed by atoms with Crippen LogP contribution >= 0.6 is 11.6 Å². The minimum absolute atomic E-state index is 0.118. The van der Waals surface area contributed by atoms with E-state index in [0.717, 1.165) is 6.42 Å². The molecule has 0 unspecified atom stereocenters. The molecule has 2 aromatic carbocycles. The molecule has 0 atom stereocenters. The monoisotopic (exact) mass is 377 g/mol. The number of benzene rings is 2. The van der Waals surface area contributed by atoms with Gasteiger partial charge >= 0.3 is 5.97 Å². The van der Waals surface area contributed by atoms with Crippen LogP contribution in [0, 0.1) is 0 Å². The zero-order chi connectivity index (χ0) is 19.1. The Morgan fingerprint density at radius 3 is 2.65 bits per heavy atom. The average Bonchev–Trinajstić information content (AvgIpc) is 2.59. The summed E-state index contributed by atoms with van der Waals surface area (Å²) in [5.41, 5.74) is 1.39. The Hall–Kier alpha value is -2.73. The third-order valence-corrected chi connectivity index (χ3v) is 3.76. The molecule has 0 heterocycles. The highest BCUT2D eigenvalue weighted by Gasteiger charge is 2.16. The molecule has 0 spiro atoms. The molecule has 26 heavy (non-hydrogen) atoms. The molecule has 0 saturated heterocycles. The van der Waals surface area contributed by atoms with E-state index in [2.05, 4.69) is 5.32 Å². The molecule has 0 bridgehead atoms. The number of carbonyl (C=O) groups is 2. The first kappa shape index (κ1) is 19.6. The molecule has 0 fully saturated rings. The van der Waals surface area contributed by atoms with Crippen LogP contribution in [0.3, 0.4) is 0 Å². The summed E-state index contributed by atoms with van der Waals surface area (Å²) in [7, 11) is 1.47. The van der Waals surface area contributed by atoms with Crippen molar-refractivity contribution in [2.24, 2.45) is 0 Å². The molecule has 2 aromatic rings. The van der Waals surface area contributed by atoms with Gasteiger partial charge in [-0.3, -0.25) is 9.59 Å². The molecular formula is C19H20ClNO5. The van der Waals surface area contributed by atoms with Gasteiger partial charge in [0.1, 0.15) is 0 Å². The summed E-state index contributed by atoms with van der Waals surface area (Å²) in [5.74, 6) is -0.556. The highest BCUT2D eigenvalue weighted by Crippen LogP contribution is 2.36. The molecule has 0 aliphatic rings. The molecule has 0 aliphatic heterocycles. The maximum atomic E-state index is 12.5. The second kappa shape index (κ2) is 9.10. The van der Waals surface area contributed by atoms with Crippen LogP contribution in [0.5, 0.6) is 11.5 Å². The van der Waals surface area contributed by atoms with Crippen LogP contribution in [0.25, 0.3) is 0 Å². The first-order chi connectivity index (χ1) is 12.4. The van der Waals surface area contributed by atoms with Gasteiger partial charge in [0.2, 0.25) is 0 Å². The fraction of sp³-hybridized carbons (Fsp3) is 0.263. The number of methoxy groups -OCH3 is 1. The number of anilines is 1. The Kier molecular flexibility index (Phi) is 6.86. The van der Waals surface area contributed by atoms with Crippen molar-refractivity contribution in [3.63, 3.8) is 0 Å². The van der Waals surface area contributed by atoms with Crippen LogP contribution in [0.15, 0.2) is 36.4 Å². The Morgan fingerprint density at radius 1 is 1.23 bits per heavy atom. The smallest absolute Gasteiger partial charge is 0.307 e. The van der Waals surface area contributed by atoms with Gasteiger partial charge in [-0.1, -0.05) is 30.7 Å². The predicted octanol–water partition coefficient (Wildman–Crippen LogP) is 4.02. The number of rotatable bonds is 8. The number of hydrogen-bond acceptors (Lipinski definition) is 4. The van der Waals surface area contributed by atoms with E-state index < -0.39 is 5.97 Å². The van der Waals surface area contributed by atoms with Crippen molar-refractivity contribution < 1.29 is 24.2 Å². The number of amides is 1. The molecule has 0 saturated carbocycles. The van der Waals surface area contributed by atoms with E-state index in [1.165, 1.54) is 13.2 Å². The molecule has 138 valence electrons. The number of halogens is 1. The number of ether oxygens (including phenoxy) is 2. The fourth-order valence-corrected chi connectivity index (χ4v) is 2.60. The quantitative estimate of drug-likeness (QED) is 0.725. The zero-order valence-electron chi connectivity index (χ0n) is 14.5. The van der Waals surface area contributed by atoms with Crippen molar-refractivity contribution in [1.82, 2.24) is 0 Å². The van der Waals surface area contributed by atoms with Crippen LogP contribution in [-0.2, 0) is 11.2 Å². The van der Waals surface area contributed by atoms with Crippen LogP contribution in [-0.4, -0.2) is 30.7 Å². The molecule has 7 heteroatoms. The number of carboxylic acids is 1. The SMILES string of the molecule is CCCOc1c(Cl)cc(C(=O)Nc2cccc(CC(=O)O)c2)cc1OC. The second-order valence-corrected chi connectivity index (χ2v) is 5.97. The molecule has 0 aliphatic carbocycles. The lowest BCUT2D eigenvalue weighted by Gasteiger charge is -2.14. The summed E-state index contributed by atoms with van der Waals surface area (Å²) in [6, 6.07) is 9.72. The van der Waals surface area contributed by atoms with Gasteiger partial charge in [0.25, 0.3) is 5.91 Å². The Bertz CT molecular complexity index is 807. The van der Waals surface area contributed by atoms with E-state index in [1.807, 2.05) is 6.92 Å². The van der Waals surface area contributed by atoms with Crippen LogP contribution < -0.4 is 14.8 Å². The molecular weight excluding hydrogens is 358 g/mol. The lowest BCUT2D eigenvalue weighted by Crippen LogP contribution is -2.13. The number of nitrogens with one attached hydrogen (secondary N) is 1. The number of carboxylic acid groups (broad SMARTS) is 1. The summed E-state index contributed by atoms with van der Waals surface area (Å²) in [6.07, 6.45) is 0.696. The summed E-state index contributed by atoms with van der Waals surface area (Å²) < 4.78 is 10.8. The van der Waals surface area contributed by atoms with E-state index in [4.69, 9.17) is 26.2 Å². The van der Waals surface area contributed by atoms with Crippen molar-refractivity contribution in [2.45, 2.75) is 19.8 Å². The summed E-state index contributed by atoms with van der Waals surface area (Å²) in [4.78, 5) is 23.3. The summed E-state index contributed by atoms with van der Waals surface area (Å²) in [6.45, 7) is 2.46. The second-order valence-electron chi connectivity index (χ2n) is 5.56. The molecule has 6 nitrogen and oxygen atoms in total. The van der Waals surface area contributed by atoms with Crippen molar-refractivity contribution in [3.8, 4) is 11.5 Å². The number of aliphatic carboxylic acids is 1. The van der Waals surface area contributed by atoms with E-state index in [-0.39, 0.29) is 17.4 Å². The highest BCUT2D eigenvalue weighted by molar-refractivity contribution is 6.32. The van der Waals surface area contributed by atoms with E-state index in [0.29, 0.717) is 34.9 Å². The van der Waals surface area contributed by atoms with Gasteiger partial charge in [0.05, 0.1) is 25.2 Å². The molecule has 2 N–H and O–H groups in total. The molecule has 0 radical (unpaired) electrons. The van der Waals surface area contributed by atoms with Gasteiger partial charge < -0.3 is 19.9 Å². The fourth-order valence-electron chi connectivity index (χ4n) is 2.33. The normalized spacial score (nSPS) is 10.3. The molecule has 2 rings (SSSR count). The van der Waals surface area contributed by atoms with E-state index in [9.17, 15) is 9.59 Å². The molecule has 0 aromatic heterocycles. The first-order valence-corrected chi connectivity index (χ1v) is 8.44. The molecule has 1 amide bonds. The van der Waals surface area contributed by atoms with Crippen molar-refractivity contribution in [2.75, 3.05) is 19.0 Å². The van der Waals surface area contributed by atoms with Crippen LogP contribution in [0.2, 0.25) is 5.02 Å². The van der Waals surface area contributed by atoms with Crippen LogP contribution in [0.4, 0.5) is 5.69 Å². The highest BCUT2D eigenvalue weighted by atomic mass is 35.5.